The second kappa shape index (κ2) is 7.66. The van der Waals surface area contributed by atoms with Gasteiger partial charge in [0.2, 0.25) is 10.0 Å². The number of carbonyl (C=O) groups is 1. The number of rotatable bonds is 4. The topological polar surface area (TPSA) is 83.9 Å². The van der Waals surface area contributed by atoms with Crippen molar-refractivity contribution in [2.45, 2.75) is 44.0 Å². The molecule has 0 amide bonds. The van der Waals surface area contributed by atoms with E-state index in [-0.39, 0.29) is 32.5 Å². The molecule has 148 valence electrons. The number of aryl methyl sites for hydroxylation is 1. The molecule has 1 fully saturated rings. The highest BCUT2D eigenvalue weighted by Gasteiger charge is 2.55. The summed E-state index contributed by atoms with van der Waals surface area (Å²) in [6, 6.07) is 6.06. The molecule has 2 aliphatic rings. The van der Waals surface area contributed by atoms with E-state index in [9.17, 15) is 18.3 Å². The molecule has 0 radical (unpaired) electrons. The first-order valence-electron chi connectivity index (χ1n) is 8.97. The Hall–Kier alpha value is -1.22. The Morgan fingerprint density at radius 2 is 2.15 bits per heavy atom. The lowest BCUT2D eigenvalue weighted by Crippen LogP contribution is -2.58. The van der Waals surface area contributed by atoms with Crippen LogP contribution in [0.15, 0.2) is 28.7 Å². The minimum atomic E-state index is -4.00. The number of carboxylic acid groups (broad SMARTS) is 1. The molecule has 8 heteroatoms. The van der Waals surface area contributed by atoms with Crippen LogP contribution >= 0.6 is 15.9 Å². The molecule has 2 aliphatic heterocycles. The van der Waals surface area contributed by atoms with Gasteiger partial charge in [-0.15, -0.1) is 0 Å². The number of hydrogen-bond donors (Lipinski definition) is 1. The van der Waals surface area contributed by atoms with Gasteiger partial charge in [-0.3, -0.25) is 4.79 Å². The molecule has 0 bridgehead atoms. The van der Waals surface area contributed by atoms with Gasteiger partial charge in [0.25, 0.3) is 0 Å². The summed E-state index contributed by atoms with van der Waals surface area (Å²) in [5.41, 5.74) is 3.27. The van der Waals surface area contributed by atoms with Gasteiger partial charge in [-0.1, -0.05) is 34.1 Å². The first-order chi connectivity index (χ1) is 12.7. The van der Waals surface area contributed by atoms with Gasteiger partial charge in [0, 0.05) is 37.0 Å². The number of aliphatic carboxylic acids is 1. The quantitative estimate of drug-likeness (QED) is 0.750. The van der Waals surface area contributed by atoms with Crippen LogP contribution in [0.2, 0.25) is 0 Å². The summed E-state index contributed by atoms with van der Waals surface area (Å²) in [6.45, 7) is 4.34. The van der Waals surface area contributed by atoms with Crippen LogP contribution in [0.25, 0.3) is 5.57 Å². The molecule has 1 aromatic rings. The van der Waals surface area contributed by atoms with Crippen LogP contribution in [0, 0.1) is 6.92 Å². The minimum absolute atomic E-state index is 0.0199. The van der Waals surface area contributed by atoms with Crippen LogP contribution in [0.4, 0.5) is 0 Å². The Kier molecular flexibility index (Phi) is 5.82. The van der Waals surface area contributed by atoms with E-state index in [1.165, 1.54) is 4.31 Å². The SMILES string of the molecule is Cc1cc(C2=CCN(S(=O)(=O)C3(C(=O)O)CCOC(C)C3)CC2)ccc1Br. The van der Waals surface area contributed by atoms with E-state index in [1.807, 2.05) is 25.1 Å². The molecular weight excluding hydrogens is 434 g/mol. The van der Waals surface area contributed by atoms with Gasteiger partial charge in [0.05, 0.1) is 6.10 Å². The first-order valence-corrected chi connectivity index (χ1v) is 11.2. The molecule has 0 aromatic heterocycles. The van der Waals surface area contributed by atoms with Gasteiger partial charge in [-0.2, -0.15) is 4.31 Å². The van der Waals surface area contributed by atoms with E-state index in [4.69, 9.17) is 4.74 Å². The fourth-order valence-corrected chi connectivity index (χ4v) is 6.16. The number of hydrogen-bond acceptors (Lipinski definition) is 4. The van der Waals surface area contributed by atoms with Crippen LogP contribution in [0.1, 0.15) is 37.3 Å². The van der Waals surface area contributed by atoms with Crippen LogP contribution in [-0.2, 0) is 19.6 Å². The molecule has 2 atom stereocenters. The molecule has 3 rings (SSSR count). The highest BCUT2D eigenvalue weighted by molar-refractivity contribution is 9.10. The minimum Gasteiger partial charge on any atom is -0.480 e. The van der Waals surface area contributed by atoms with Gasteiger partial charge in [-0.05, 0) is 43.0 Å². The maximum Gasteiger partial charge on any atom is 0.326 e. The predicted molar refractivity (Wildman–Crippen MR) is 107 cm³/mol. The standard InChI is InChI=1S/C19H24BrNO5S/c1-13-11-16(3-4-17(13)20)15-5-8-21(9-6-15)27(24,25)19(18(22)23)7-10-26-14(2)12-19/h3-5,11,14H,6-10,12H2,1-2H3,(H,22,23). The second-order valence-corrected chi connectivity index (χ2v) is 10.3. The Balaban J connectivity index is 1.86. The molecule has 2 unspecified atom stereocenters. The number of nitrogens with zero attached hydrogens (tertiary/aromatic N) is 1. The zero-order valence-electron chi connectivity index (χ0n) is 15.4. The normalized spacial score (nSPS) is 27.2. The first kappa shape index (κ1) is 20.5. The van der Waals surface area contributed by atoms with Crippen LogP contribution in [0.5, 0.6) is 0 Å². The smallest absolute Gasteiger partial charge is 0.326 e. The molecule has 0 spiro atoms. The van der Waals surface area contributed by atoms with Gasteiger partial charge in [-0.25, -0.2) is 8.42 Å². The molecule has 27 heavy (non-hydrogen) atoms. The Morgan fingerprint density at radius 1 is 1.41 bits per heavy atom. The van der Waals surface area contributed by atoms with Crippen molar-refractivity contribution in [1.82, 2.24) is 4.31 Å². The predicted octanol–water partition coefficient (Wildman–Crippen LogP) is 3.20. The van der Waals surface area contributed by atoms with Crippen molar-refractivity contribution < 1.29 is 23.1 Å². The largest absolute Gasteiger partial charge is 0.480 e. The fraction of sp³-hybridized carbons (Fsp3) is 0.526. The van der Waals surface area contributed by atoms with Gasteiger partial charge in [0.1, 0.15) is 0 Å². The van der Waals surface area contributed by atoms with E-state index in [0.29, 0.717) is 6.42 Å². The summed E-state index contributed by atoms with van der Waals surface area (Å²) in [5, 5.41) is 9.78. The number of halogens is 1. The third kappa shape index (κ3) is 3.72. The highest BCUT2D eigenvalue weighted by atomic mass is 79.9. The van der Waals surface area contributed by atoms with Gasteiger partial charge < -0.3 is 9.84 Å². The average Bonchev–Trinajstić information content (AvgIpc) is 2.63. The van der Waals surface area contributed by atoms with E-state index in [2.05, 4.69) is 22.0 Å². The molecule has 2 heterocycles. The molecular formula is C19H24BrNO5S. The zero-order valence-corrected chi connectivity index (χ0v) is 17.8. The number of carboxylic acids is 1. The van der Waals surface area contributed by atoms with Crippen molar-refractivity contribution in [2.75, 3.05) is 19.7 Å². The lowest BCUT2D eigenvalue weighted by molar-refractivity contribution is -0.144. The summed E-state index contributed by atoms with van der Waals surface area (Å²) in [6.07, 6.45) is 2.01. The third-order valence-electron chi connectivity index (χ3n) is 5.45. The van der Waals surface area contributed by atoms with Gasteiger partial charge in [0.15, 0.2) is 4.75 Å². The van der Waals surface area contributed by atoms with E-state index < -0.39 is 26.8 Å². The number of ether oxygens (including phenoxy) is 1. The molecule has 1 N–H and O–H groups in total. The monoisotopic (exact) mass is 457 g/mol. The molecule has 1 saturated heterocycles. The lowest BCUT2D eigenvalue weighted by atomic mass is 9.95. The van der Waals surface area contributed by atoms with Crippen molar-refractivity contribution in [3.63, 3.8) is 0 Å². The van der Waals surface area contributed by atoms with E-state index in [0.717, 1.165) is 21.2 Å². The van der Waals surface area contributed by atoms with Crippen molar-refractivity contribution in [3.05, 3.63) is 39.9 Å². The molecule has 0 aliphatic carbocycles. The molecule has 1 aromatic carbocycles. The van der Waals surface area contributed by atoms with Crippen molar-refractivity contribution in [1.29, 1.82) is 0 Å². The average molecular weight is 458 g/mol. The van der Waals surface area contributed by atoms with E-state index in [1.54, 1.807) is 6.92 Å². The van der Waals surface area contributed by atoms with E-state index >= 15 is 0 Å². The van der Waals surface area contributed by atoms with Crippen molar-refractivity contribution in [3.8, 4) is 0 Å². The molecule has 6 nitrogen and oxygen atoms in total. The van der Waals surface area contributed by atoms with Crippen LogP contribution in [0.3, 0.4) is 0 Å². The highest BCUT2D eigenvalue weighted by Crippen LogP contribution is 2.37. The van der Waals surface area contributed by atoms with Crippen LogP contribution < -0.4 is 0 Å². The Labute approximate surface area is 168 Å². The Morgan fingerprint density at radius 3 is 2.70 bits per heavy atom. The maximum atomic E-state index is 13.2. The third-order valence-corrected chi connectivity index (χ3v) is 8.88. The number of benzene rings is 1. The lowest BCUT2D eigenvalue weighted by Gasteiger charge is -2.40. The van der Waals surface area contributed by atoms with Gasteiger partial charge >= 0.3 is 5.97 Å². The maximum absolute atomic E-state index is 13.2. The van der Waals surface area contributed by atoms with Crippen LogP contribution in [-0.4, -0.2) is 54.3 Å². The summed E-state index contributed by atoms with van der Waals surface area (Å²) in [5.74, 6) is -1.28. The fourth-order valence-electron chi connectivity index (χ4n) is 3.81. The summed E-state index contributed by atoms with van der Waals surface area (Å²) in [7, 11) is -4.00. The van der Waals surface area contributed by atoms with Crippen molar-refractivity contribution >= 4 is 37.5 Å². The molecule has 0 saturated carbocycles. The number of sulfonamides is 1. The summed E-state index contributed by atoms with van der Waals surface area (Å²) in [4.78, 5) is 12.0. The summed E-state index contributed by atoms with van der Waals surface area (Å²) < 4.78 is 32.4. The Bertz CT molecular complexity index is 882. The zero-order chi connectivity index (χ0) is 19.8. The van der Waals surface area contributed by atoms with Crippen molar-refractivity contribution in [2.24, 2.45) is 0 Å². The second-order valence-electron chi connectivity index (χ2n) is 7.24. The summed E-state index contributed by atoms with van der Waals surface area (Å²) >= 11 is 3.48.